The van der Waals surface area contributed by atoms with Gasteiger partial charge in [0.15, 0.2) is 0 Å². The van der Waals surface area contributed by atoms with Gasteiger partial charge in [0.05, 0.1) is 0 Å². The number of unbranched alkanes of at least 4 members (excludes halogenated alkanes) is 9. The van der Waals surface area contributed by atoms with E-state index in [-0.39, 0.29) is 6.54 Å². The van der Waals surface area contributed by atoms with E-state index in [1.165, 1.54) is 44.9 Å². The Balaban J connectivity index is 3.94. The van der Waals surface area contributed by atoms with Gasteiger partial charge in [0.2, 0.25) is 5.02 Å². The highest BCUT2D eigenvalue weighted by Gasteiger charge is 2.56. The van der Waals surface area contributed by atoms with Crippen molar-refractivity contribution in [2.45, 2.75) is 82.6 Å². The molecule has 0 fully saturated rings. The average Bonchev–Trinajstić information content (AvgIpc) is 2.52. The molecule has 158 valence electrons. The summed E-state index contributed by atoms with van der Waals surface area (Å²) < 4.78 is 22.8. The lowest BCUT2D eigenvalue weighted by atomic mass is 10.1. The van der Waals surface area contributed by atoms with Crippen molar-refractivity contribution in [1.29, 1.82) is 0 Å². The third kappa shape index (κ3) is 9.95. The second kappa shape index (κ2) is 12.6. The van der Waals surface area contributed by atoms with Crippen molar-refractivity contribution in [2.24, 2.45) is 5.73 Å². The zero-order valence-electron chi connectivity index (χ0n) is 16.2. The van der Waals surface area contributed by atoms with Crippen molar-refractivity contribution in [3.05, 3.63) is 0 Å². The van der Waals surface area contributed by atoms with Crippen LogP contribution in [0.3, 0.4) is 0 Å². The summed E-state index contributed by atoms with van der Waals surface area (Å²) >= 11 is 0. The molecule has 0 aliphatic rings. The van der Waals surface area contributed by atoms with Crippen LogP contribution in [0, 0.1) is 0 Å². The van der Waals surface area contributed by atoms with E-state index in [1.807, 2.05) is 0 Å². The fourth-order valence-electron chi connectivity index (χ4n) is 2.80. The van der Waals surface area contributed by atoms with Crippen LogP contribution in [0.5, 0.6) is 0 Å². The lowest BCUT2D eigenvalue weighted by Crippen LogP contribution is -2.42. The molecule has 8 nitrogen and oxygen atoms in total. The van der Waals surface area contributed by atoms with Gasteiger partial charge in [-0.15, -0.1) is 0 Å². The molecule has 0 spiro atoms. The van der Waals surface area contributed by atoms with Crippen molar-refractivity contribution in [2.75, 3.05) is 20.1 Å². The van der Waals surface area contributed by atoms with Gasteiger partial charge in [0.25, 0.3) is 0 Å². The van der Waals surface area contributed by atoms with Crippen LogP contribution in [0.4, 0.5) is 0 Å². The van der Waals surface area contributed by atoms with Crippen molar-refractivity contribution in [3.8, 4) is 0 Å². The Hall–Kier alpha value is 0.220. The van der Waals surface area contributed by atoms with Crippen molar-refractivity contribution in [1.82, 2.24) is 4.90 Å². The normalized spacial score (nSPS) is 13.5. The molecular formula is C16H38N2O6P2. The van der Waals surface area contributed by atoms with Gasteiger partial charge in [-0.25, -0.2) is 0 Å². The lowest BCUT2D eigenvalue weighted by Gasteiger charge is -2.32. The molecule has 0 atom stereocenters. The Labute approximate surface area is 157 Å². The standard InChI is InChI=1S/C16H38N2O6P2/c1-3-4-5-6-7-8-9-10-11-12-14-18(2)15-13-16(17,25(19,20)21)26(22,23)24/h3-15,17H2,1-2H3,(H2,19,20,21)(H2,22,23,24). The smallest absolute Gasteiger partial charge is 0.323 e. The third-order valence-electron chi connectivity index (χ3n) is 4.76. The number of rotatable bonds is 16. The maximum Gasteiger partial charge on any atom is 0.357 e. The Morgan fingerprint density at radius 2 is 1.15 bits per heavy atom. The molecule has 0 amide bonds. The molecule has 0 saturated carbocycles. The summed E-state index contributed by atoms with van der Waals surface area (Å²) in [5.74, 6) is 0. The Morgan fingerprint density at radius 1 is 0.769 bits per heavy atom. The Kier molecular flexibility index (Phi) is 12.7. The molecule has 0 aromatic heterocycles. The molecule has 0 rings (SSSR count). The highest BCUT2D eigenvalue weighted by Crippen LogP contribution is 2.67. The molecule has 0 aromatic carbocycles. The maximum atomic E-state index is 11.4. The molecule has 10 heteroatoms. The molecule has 0 aromatic rings. The highest BCUT2D eigenvalue weighted by molar-refractivity contribution is 7.72. The number of nitrogens with zero attached hydrogens (tertiary/aromatic N) is 1. The second-order valence-electron chi connectivity index (χ2n) is 7.20. The molecule has 0 aliphatic carbocycles. The van der Waals surface area contributed by atoms with E-state index in [9.17, 15) is 28.7 Å². The highest BCUT2D eigenvalue weighted by atomic mass is 31.2. The first kappa shape index (κ1) is 26.2. The minimum atomic E-state index is -5.13. The molecule has 0 radical (unpaired) electrons. The predicted octanol–water partition coefficient (Wildman–Crippen LogP) is 3.20. The van der Waals surface area contributed by atoms with Crippen LogP contribution in [0.2, 0.25) is 0 Å². The minimum absolute atomic E-state index is 0.115. The molecule has 0 unspecified atom stereocenters. The van der Waals surface area contributed by atoms with Gasteiger partial charge < -0.3 is 30.2 Å². The van der Waals surface area contributed by atoms with Gasteiger partial charge in [-0.05, 0) is 20.0 Å². The molecule has 26 heavy (non-hydrogen) atoms. The van der Waals surface area contributed by atoms with Crippen molar-refractivity contribution < 1.29 is 28.7 Å². The zero-order chi connectivity index (χ0) is 20.3. The summed E-state index contributed by atoms with van der Waals surface area (Å²) in [4.78, 5) is 38.7. The number of hydrogen-bond donors (Lipinski definition) is 5. The molecule has 0 saturated heterocycles. The van der Waals surface area contributed by atoms with Crippen LogP contribution in [0.1, 0.15) is 77.6 Å². The summed E-state index contributed by atoms with van der Waals surface area (Å²) in [7, 11) is -8.51. The van der Waals surface area contributed by atoms with E-state index in [0.29, 0.717) is 6.54 Å². The monoisotopic (exact) mass is 416 g/mol. The summed E-state index contributed by atoms with van der Waals surface area (Å²) in [6.45, 7) is 3.03. The number of hydrogen-bond acceptors (Lipinski definition) is 4. The van der Waals surface area contributed by atoms with E-state index in [1.54, 1.807) is 11.9 Å². The van der Waals surface area contributed by atoms with Crippen LogP contribution in [0.15, 0.2) is 0 Å². The summed E-state index contributed by atoms with van der Waals surface area (Å²) in [5.41, 5.74) is 5.40. The van der Waals surface area contributed by atoms with Crippen LogP contribution in [-0.2, 0) is 9.13 Å². The van der Waals surface area contributed by atoms with E-state index in [0.717, 1.165) is 19.3 Å². The first-order chi connectivity index (χ1) is 12.0. The fraction of sp³-hybridized carbons (Fsp3) is 1.00. The molecule has 0 heterocycles. The third-order valence-corrected chi connectivity index (χ3v) is 8.79. The van der Waals surface area contributed by atoms with E-state index >= 15 is 0 Å². The quantitative estimate of drug-likeness (QED) is 0.191. The summed E-state index contributed by atoms with van der Waals surface area (Å²) in [5, 5.41) is -2.81. The van der Waals surface area contributed by atoms with Crippen molar-refractivity contribution in [3.63, 3.8) is 0 Å². The predicted molar refractivity (Wildman–Crippen MR) is 105 cm³/mol. The first-order valence-corrected chi connectivity index (χ1v) is 12.8. The van der Waals surface area contributed by atoms with E-state index in [4.69, 9.17) is 5.73 Å². The van der Waals surface area contributed by atoms with Crippen LogP contribution < -0.4 is 5.73 Å². The van der Waals surface area contributed by atoms with Crippen LogP contribution >= 0.6 is 15.2 Å². The molecular weight excluding hydrogens is 378 g/mol. The topological polar surface area (TPSA) is 144 Å². The molecule has 0 aliphatic heterocycles. The van der Waals surface area contributed by atoms with Gasteiger partial charge in [-0.3, -0.25) is 9.13 Å². The second-order valence-corrected chi connectivity index (χ2v) is 11.3. The molecule has 6 N–H and O–H groups in total. The first-order valence-electron chi connectivity index (χ1n) is 9.54. The van der Waals surface area contributed by atoms with E-state index in [2.05, 4.69) is 6.92 Å². The fourth-order valence-corrected chi connectivity index (χ4v) is 4.94. The SMILES string of the molecule is CCCCCCCCCCCCN(C)CCC(N)(P(=O)(O)O)P(=O)(O)O. The minimum Gasteiger partial charge on any atom is -0.323 e. The van der Waals surface area contributed by atoms with Gasteiger partial charge in [-0.1, -0.05) is 64.7 Å². The van der Waals surface area contributed by atoms with Gasteiger partial charge in [-0.2, -0.15) is 0 Å². The van der Waals surface area contributed by atoms with Gasteiger partial charge in [0.1, 0.15) is 0 Å². The maximum absolute atomic E-state index is 11.4. The zero-order valence-corrected chi connectivity index (χ0v) is 18.0. The van der Waals surface area contributed by atoms with Gasteiger partial charge in [0, 0.05) is 13.0 Å². The lowest BCUT2D eigenvalue weighted by molar-refractivity contribution is 0.270. The van der Waals surface area contributed by atoms with Crippen LogP contribution in [0.25, 0.3) is 0 Å². The molecule has 0 bridgehead atoms. The Bertz CT molecular complexity index is 444. The largest absolute Gasteiger partial charge is 0.357 e. The van der Waals surface area contributed by atoms with Crippen LogP contribution in [-0.4, -0.2) is 49.6 Å². The summed E-state index contributed by atoms with van der Waals surface area (Å²) in [6, 6.07) is 0. The summed E-state index contributed by atoms with van der Waals surface area (Å²) in [6.07, 6.45) is 11.7. The average molecular weight is 416 g/mol. The van der Waals surface area contributed by atoms with Gasteiger partial charge >= 0.3 is 15.2 Å². The van der Waals surface area contributed by atoms with Crippen molar-refractivity contribution >= 4 is 15.2 Å². The number of nitrogens with two attached hydrogens (primary N) is 1. The van der Waals surface area contributed by atoms with E-state index < -0.39 is 26.6 Å². The Morgan fingerprint density at radius 3 is 1.54 bits per heavy atom.